The Labute approximate surface area is 508 Å². The third kappa shape index (κ3) is 48.5. The van der Waals surface area contributed by atoms with Crippen molar-refractivity contribution in [1.82, 2.24) is 0 Å². The summed E-state index contributed by atoms with van der Waals surface area (Å²) in [5, 5.41) is 8.53. The van der Waals surface area contributed by atoms with Gasteiger partial charge in [-0.2, -0.15) is 0 Å². The number of ether oxygens (including phenoxy) is 12. The van der Waals surface area contributed by atoms with Crippen molar-refractivity contribution in [1.29, 1.82) is 0 Å². The van der Waals surface area contributed by atoms with Gasteiger partial charge >= 0.3 is 0 Å². The van der Waals surface area contributed by atoms with Gasteiger partial charge in [0.2, 0.25) is 0 Å². The predicted molar refractivity (Wildman–Crippen MR) is 344 cm³/mol. The Bertz CT molecular complexity index is 1730. The number of hydrogen-bond acceptors (Lipinski definition) is 13. The van der Waals surface area contributed by atoms with Crippen molar-refractivity contribution in [2.45, 2.75) is 197 Å². The van der Waals surface area contributed by atoms with Crippen LogP contribution in [0.2, 0.25) is 0 Å². The molecule has 0 saturated carbocycles. The van der Waals surface area contributed by atoms with Crippen molar-refractivity contribution in [2.24, 2.45) is 0 Å². The van der Waals surface area contributed by atoms with Crippen LogP contribution in [0.3, 0.4) is 0 Å². The summed E-state index contributed by atoms with van der Waals surface area (Å²) in [6, 6.07) is 17.7. The van der Waals surface area contributed by atoms with Crippen molar-refractivity contribution in [2.75, 3.05) is 147 Å². The second-order valence-electron chi connectivity index (χ2n) is 20.9. The Hall–Kier alpha value is -3.34. The second-order valence-corrected chi connectivity index (χ2v) is 20.9. The first-order valence-corrected chi connectivity index (χ1v) is 32.4. The van der Waals surface area contributed by atoms with E-state index in [1.54, 1.807) is 21.3 Å². The van der Waals surface area contributed by atoms with Gasteiger partial charge in [-0.15, -0.1) is 0 Å². The van der Waals surface area contributed by atoms with Gasteiger partial charge in [0, 0.05) is 6.61 Å². The summed E-state index contributed by atoms with van der Waals surface area (Å²) in [6.45, 7) is 27.0. The van der Waals surface area contributed by atoms with E-state index in [1.807, 2.05) is 6.92 Å². The summed E-state index contributed by atoms with van der Waals surface area (Å²) >= 11 is 0. The Morgan fingerprint density at radius 1 is 0.313 bits per heavy atom. The highest BCUT2D eigenvalue weighted by Gasteiger charge is 2.08. The van der Waals surface area contributed by atoms with Gasteiger partial charge in [-0.05, 0) is 124 Å². The molecule has 1 N–H and O–H groups in total. The van der Waals surface area contributed by atoms with Crippen molar-refractivity contribution < 1.29 is 61.9 Å². The summed E-state index contributed by atoms with van der Waals surface area (Å²) in [5.41, 5.74) is 9.49. The SMILES string of the molecule is CCCCCCCCc1cc(C)c(OC)c(CC)c1.CCCCCCCCc1ccc(OC)c(C)c1.CCCCCCCCc1ccc(OC)c(C)c1.CCOCCOCCOCCOCCOCCOCCOCCOCCOCCO. The zero-order chi connectivity index (χ0) is 60.9. The molecule has 0 atom stereocenters. The average molecular weight is 1170 g/mol. The fourth-order valence-corrected chi connectivity index (χ4v) is 9.12. The molecule has 13 nitrogen and oxygen atoms in total. The molecule has 0 bridgehead atoms. The Morgan fingerprint density at radius 3 is 0.904 bits per heavy atom. The number of rotatable bonds is 52. The average Bonchev–Trinajstić information content (AvgIpc) is 3.67. The molecular weight excluding hydrogens is 1050 g/mol. The second kappa shape index (κ2) is 61.7. The molecule has 13 heteroatoms. The summed E-state index contributed by atoms with van der Waals surface area (Å²) in [7, 11) is 5.24. The van der Waals surface area contributed by atoms with Crippen LogP contribution >= 0.6 is 0 Å². The summed E-state index contributed by atoms with van der Waals surface area (Å²) in [6.07, 6.45) is 29.3. The molecular formula is C70H124O13. The van der Waals surface area contributed by atoms with E-state index in [9.17, 15) is 0 Å². The van der Waals surface area contributed by atoms with Gasteiger partial charge in [-0.25, -0.2) is 0 Å². The van der Waals surface area contributed by atoms with Crippen LogP contribution in [0.25, 0.3) is 0 Å². The van der Waals surface area contributed by atoms with Crippen molar-refractivity contribution in [3.05, 3.63) is 87.5 Å². The van der Waals surface area contributed by atoms with E-state index in [-0.39, 0.29) is 6.61 Å². The van der Waals surface area contributed by atoms with Gasteiger partial charge in [-0.3, -0.25) is 0 Å². The highest BCUT2D eigenvalue weighted by atomic mass is 16.6. The van der Waals surface area contributed by atoms with Gasteiger partial charge in [0.15, 0.2) is 0 Å². The number of aliphatic hydroxyl groups excluding tert-OH is 1. The fourth-order valence-electron chi connectivity index (χ4n) is 9.12. The Balaban J connectivity index is 0.00000111. The van der Waals surface area contributed by atoms with E-state index < -0.39 is 0 Å². The normalized spacial score (nSPS) is 10.9. The third-order valence-electron chi connectivity index (χ3n) is 13.8. The van der Waals surface area contributed by atoms with Crippen LogP contribution in [-0.2, 0) is 68.3 Å². The largest absolute Gasteiger partial charge is 0.496 e. The van der Waals surface area contributed by atoms with Gasteiger partial charge < -0.3 is 61.9 Å². The molecule has 0 radical (unpaired) electrons. The smallest absolute Gasteiger partial charge is 0.124 e. The molecule has 0 aliphatic heterocycles. The lowest BCUT2D eigenvalue weighted by Crippen LogP contribution is -2.15. The molecule has 0 fully saturated rings. The number of hydrogen-bond donors (Lipinski definition) is 1. The number of aryl methyl sites for hydroxylation is 7. The molecule has 0 heterocycles. The molecule has 0 amide bonds. The minimum atomic E-state index is 0.0322. The first-order valence-electron chi connectivity index (χ1n) is 32.4. The number of aliphatic hydroxyl groups is 1. The first kappa shape index (κ1) is 79.7. The number of unbranched alkanes of at least 4 members (excludes halogenated alkanes) is 15. The zero-order valence-electron chi connectivity index (χ0n) is 55.0. The molecule has 0 aliphatic rings. The molecule has 0 aliphatic carbocycles. The topological polar surface area (TPSA) is 131 Å². The maximum atomic E-state index is 8.53. The molecule has 3 rings (SSSR count). The molecule has 0 spiro atoms. The highest BCUT2D eigenvalue weighted by molar-refractivity contribution is 5.44. The van der Waals surface area contributed by atoms with E-state index in [1.165, 1.54) is 174 Å². The predicted octanol–water partition coefficient (Wildman–Crippen LogP) is 15.4. The zero-order valence-corrected chi connectivity index (χ0v) is 55.0. The van der Waals surface area contributed by atoms with Crippen LogP contribution in [0.15, 0.2) is 48.5 Å². The van der Waals surface area contributed by atoms with Gasteiger partial charge in [0.05, 0.1) is 140 Å². The first-order chi connectivity index (χ1) is 40.7. The quantitative estimate of drug-likeness (QED) is 0.0539. The third-order valence-corrected chi connectivity index (χ3v) is 13.8. The van der Waals surface area contributed by atoms with E-state index in [0.29, 0.717) is 119 Å². The van der Waals surface area contributed by atoms with E-state index >= 15 is 0 Å². The lowest BCUT2D eigenvalue weighted by molar-refractivity contribution is -0.0253. The van der Waals surface area contributed by atoms with Crippen molar-refractivity contribution in [3.8, 4) is 17.2 Å². The van der Waals surface area contributed by atoms with Crippen LogP contribution < -0.4 is 14.2 Å². The van der Waals surface area contributed by atoms with Gasteiger partial charge in [0.1, 0.15) is 17.2 Å². The molecule has 3 aromatic carbocycles. The molecule has 3 aromatic rings. The summed E-state index contributed by atoms with van der Waals surface area (Å²) < 4.78 is 63.9. The fraction of sp³-hybridized carbons (Fsp3) is 0.743. The van der Waals surface area contributed by atoms with E-state index in [4.69, 9.17) is 61.9 Å². The Morgan fingerprint density at radius 2 is 0.614 bits per heavy atom. The van der Waals surface area contributed by atoms with E-state index in [0.717, 1.165) is 23.7 Å². The van der Waals surface area contributed by atoms with Crippen molar-refractivity contribution in [3.63, 3.8) is 0 Å². The molecule has 0 unspecified atom stereocenters. The highest BCUT2D eigenvalue weighted by Crippen LogP contribution is 2.27. The molecule has 0 aromatic heterocycles. The summed E-state index contributed by atoms with van der Waals surface area (Å²) in [5.74, 6) is 3.07. The standard InChI is InChI=1S/C20H42O10.C18H30O.2C16H26O/c1-2-22-5-6-24-9-10-26-13-14-28-17-18-30-20-19-29-16-15-27-12-11-25-8-7-23-4-3-21;1-5-7-8-9-10-11-12-16-13-15(3)18(19-4)17(6-2)14-16;2*1-4-5-6-7-8-9-10-15-11-12-16(17-3)14(2)13-15/h21H,2-20H2,1H3;13-14H,5-12H2,1-4H3;2*11-13H,4-10H2,1-3H3. The monoisotopic (exact) mass is 1170 g/mol. The van der Waals surface area contributed by atoms with Crippen LogP contribution in [0.4, 0.5) is 0 Å². The van der Waals surface area contributed by atoms with Crippen molar-refractivity contribution >= 4 is 0 Å². The molecule has 482 valence electrons. The Kier molecular flexibility index (Phi) is 59.3. The lowest BCUT2D eigenvalue weighted by atomic mass is 9.98. The van der Waals surface area contributed by atoms with E-state index in [2.05, 4.69) is 97.0 Å². The summed E-state index contributed by atoms with van der Waals surface area (Å²) in [4.78, 5) is 0. The minimum absolute atomic E-state index is 0.0322. The van der Waals surface area contributed by atoms with Crippen LogP contribution in [0, 0.1) is 20.8 Å². The lowest BCUT2D eigenvalue weighted by Gasteiger charge is -2.13. The van der Waals surface area contributed by atoms with Crippen LogP contribution in [0.1, 0.15) is 189 Å². The maximum Gasteiger partial charge on any atom is 0.124 e. The maximum absolute atomic E-state index is 8.53. The van der Waals surface area contributed by atoms with Crippen LogP contribution in [0.5, 0.6) is 17.2 Å². The van der Waals surface area contributed by atoms with Crippen LogP contribution in [-0.4, -0.2) is 152 Å². The number of methoxy groups -OCH3 is 3. The minimum Gasteiger partial charge on any atom is -0.496 e. The number of benzene rings is 3. The molecule has 0 saturated heterocycles. The van der Waals surface area contributed by atoms with Gasteiger partial charge in [0.25, 0.3) is 0 Å². The molecule has 83 heavy (non-hydrogen) atoms. The van der Waals surface area contributed by atoms with Gasteiger partial charge in [-0.1, -0.05) is 160 Å².